The quantitative estimate of drug-likeness (QED) is 0.663. The molecule has 2 heterocycles. The summed E-state index contributed by atoms with van der Waals surface area (Å²) in [6.45, 7) is 3.01. The highest BCUT2D eigenvalue weighted by Crippen LogP contribution is 2.20. The molecule has 104 valence electrons. The van der Waals surface area contributed by atoms with Gasteiger partial charge in [0.15, 0.2) is 0 Å². The number of nitrogens with one attached hydrogen (secondary N) is 1. The standard InChI is InChI=1S/C16H20N4/c17-16(18)13-5-8-20(9-6-13)11-12-3-4-15-14(10-12)2-1-7-19-15/h1-4,7,10,13H,5-6,8-9,11H2,(H3,17,18). The monoisotopic (exact) mass is 268 g/mol. The largest absolute Gasteiger partial charge is 0.387 e. The van der Waals surface area contributed by atoms with Gasteiger partial charge in [-0.15, -0.1) is 0 Å². The van der Waals surface area contributed by atoms with Crippen LogP contribution in [0.1, 0.15) is 18.4 Å². The third-order valence-corrected chi connectivity index (χ3v) is 4.10. The fourth-order valence-electron chi connectivity index (χ4n) is 2.88. The van der Waals surface area contributed by atoms with Crippen LogP contribution in [0.3, 0.4) is 0 Å². The van der Waals surface area contributed by atoms with Crippen molar-refractivity contribution < 1.29 is 0 Å². The molecule has 0 unspecified atom stereocenters. The molecule has 0 spiro atoms. The fraction of sp³-hybridized carbons (Fsp3) is 0.375. The molecular formula is C16H20N4. The molecular weight excluding hydrogens is 248 g/mol. The predicted molar refractivity (Wildman–Crippen MR) is 81.7 cm³/mol. The van der Waals surface area contributed by atoms with E-state index in [0.717, 1.165) is 38.0 Å². The zero-order valence-electron chi connectivity index (χ0n) is 11.5. The number of piperidine rings is 1. The van der Waals surface area contributed by atoms with Crippen LogP contribution in [-0.2, 0) is 6.54 Å². The highest BCUT2D eigenvalue weighted by molar-refractivity contribution is 5.80. The number of amidine groups is 1. The number of fused-ring (bicyclic) bond motifs is 1. The molecule has 0 atom stereocenters. The summed E-state index contributed by atoms with van der Waals surface area (Å²) in [6, 6.07) is 10.6. The highest BCUT2D eigenvalue weighted by atomic mass is 15.1. The number of hydrogen-bond donors (Lipinski definition) is 2. The van der Waals surface area contributed by atoms with Crippen molar-refractivity contribution in [1.82, 2.24) is 9.88 Å². The van der Waals surface area contributed by atoms with Crippen LogP contribution >= 0.6 is 0 Å². The van der Waals surface area contributed by atoms with Gasteiger partial charge in [0.2, 0.25) is 0 Å². The molecule has 0 saturated carbocycles. The van der Waals surface area contributed by atoms with E-state index < -0.39 is 0 Å². The molecule has 1 saturated heterocycles. The number of benzene rings is 1. The van der Waals surface area contributed by atoms with Crippen LogP contribution in [0.15, 0.2) is 36.5 Å². The van der Waals surface area contributed by atoms with Crippen LogP contribution in [-0.4, -0.2) is 28.8 Å². The Labute approximate surface area is 119 Å². The van der Waals surface area contributed by atoms with Gasteiger partial charge in [-0.3, -0.25) is 15.3 Å². The van der Waals surface area contributed by atoms with Gasteiger partial charge in [0, 0.05) is 24.0 Å². The van der Waals surface area contributed by atoms with Crippen LogP contribution in [0.2, 0.25) is 0 Å². The van der Waals surface area contributed by atoms with Gasteiger partial charge in [0.25, 0.3) is 0 Å². The van der Waals surface area contributed by atoms with Crippen molar-refractivity contribution in [3.8, 4) is 0 Å². The lowest BCUT2D eigenvalue weighted by Gasteiger charge is -2.31. The average Bonchev–Trinajstić information content (AvgIpc) is 2.48. The molecule has 0 amide bonds. The van der Waals surface area contributed by atoms with E-state index in [-0.39, 0.29) is 5.92 Å². The molecule has 1 aliphatic heterocycles. The molecule has 4 nitrogen and oxygen atoms in total. The van der Waals surface area contributed by atoms with Crippen molar-refractivity contribution in [2.24, 2.45) is 11.7 Å². The number of aromatic nitrogens is 1. The van der Waals surface area contributed by atoms with Gasteiger partial charge >= 0.3 is 0 Å². The maximum Gasteiger partial charge on any atom is 0.0937 e. The summed E-state index contributed by atoms with van der Waals surface area (Å²) >= 11 is 0. The molecule has 0 radical (unpaired) electrons. The van der Waals surface area contributed by atoms with Crippen LogP contribution in [0, 0.1) is 11.3 Å². The summed E-state index contributed by atoms with van der Waals surface area (Å²) in [4.78, 5) is 6.79. The normalized spacial score (nSPS) is 17.4. The van der Waals surface area contributed by atoms with Crippen LogP contribution < -0.4 is 5.73 Å². The third-order valence-electron chi connectivity index (χ3n) is 4.10. The van der Waals surface area contributed by atoms with Gasteiger partial charge in [0.1, 0.15) is 0 Å². The van der Waals surface area contributed by atoms with E-state index in [1.807, 2.05) is 12.3 Å². The van der Waals surface area contributed by atoms with E-state index in [1.165, 1.54) is 10.9 Å². The Bertz CT molecular complexity index is 615. The number of hydrogen-bond acceptors (Lipinski definition) is 3. The molecule has 1 fully saturated rings. The van der Waals surface area contributed by atoms with E-state index in [1.54, 1.807) is 0 Å². The van der Waals surface area contributed by atoms with Gasteiger partial charge in [-0.25, -0.2) is 0 Å². The second kappa shape index (κ2) is 5.59. The lowest BCUT2D eigenvalue weighted by atomic mass is 9.95. The summed E-state index contributed by atoms with van der Waals surface area (Å²) in [5, 5.41) is 8.72. The molecule has 1 aromatic carbocycles. The lowest BCUT2D eigenvalue weighted by molar-refractivity contribution is 0.201. The molecule has 3 N–H and O–H groups in total. The minimum Gasteiger partial charge on any atom is -0.387 e. The Morgan fingerprint density at radius 1 is 1.30 bits per heavy atom. The van der Waals surface area contributed by atoms with Crippen LogP contribution in [0.5, 0.6) is 0 Å². The third kappa shape index (κ3) is 2.80. The maximum absolute atomic E-state index is 7.52. The van der Waals surface area contributed by atoms with Crippen molar-refractivity contribution in [2.45, 2.75) is 19.4 Å². The Kier molecular flexibility index (Phi) is 3.65. The van der Waals surface area contributed by atoms with E-state index in [4.69, 9.17) is 11.1 Å². The molecule has 1 aliphatic rings. The molecule has 1 aromatic heterocycles. The number of pyridine rings is 1. The Morgan fingerprint density at radius 2 is 2.10 bits per heavy atom. The van der Waals surface area contributed by atoms with E-state index >= 15 is 0 Å². The van der Waals surface area contributed by atoms with Crippen molar-refractivity contribution in [1.29, 1.82) is 5.41 Å². The summed E-state index contributed by atoms with van der Waals surface area (Å²) in [6.07, 6.45) is 3.84. The van der Waals surface area contributed by atoms with E-state index in [2.05, 4.69) is 34.1 Å². The van der Waals surface area contributed by atoms with Gasteiger partial charge in [0.05, 0.1) is 11.4 Å². The highest BCUT2D eigenvalue weighted by Gasteiger charge is 2.21. The molecule has 2 aromatic rings. The maximum atomic E-state index is 7.52. The number of likely N-dealkylation sites (tertiary alicyclic amines) is 1. The van der Waals surface area contributed by atoms with Crippen molar-refractivity contribution >= 4 is 16.7 Å². The minimum absolute atomic E-state index is 0.284. The van der Waals surface area contributed by atoms with Crippen molar-refractivity contribution in [3.05, 3.63) is 42.1 Å². The summed E-state index contributed by atoms with van der Waals surface area (Å²) in [5.74, 6) is 0.633. The number of rotatable bonds is 3. The lowest BCUT2D eigenvalue weighted by Crippen LogP contribution is -2.37. The van der Waals surface area contributed by atoms with Gasteiger partial charge in [-0.05, 0) is 49.7 Å². The smallest absolute Gasteiger partial charge is 0.0937 e. The molecule has 4 heteroatoms. The van der Waals surface area contributed by atoms with E-state index in [9.17, 15) is 0 Å². The van der Waals surface area contributed by atoms with Crippen LogP contribution in [0.4, 0.5) is 0 Å². The first-order valence-corrected chi connectivity index (χ1v) is 7.12. The zero-order chi connectivity index (χ0) is 13.9. The summed E-state index contributed by atoms with van der Waals surface area (Å²) < 4.78 is 0. The summed E-state index contributed by atoms with van der Waals surface area (Å²) in [5.41, 5.74) is 7.96. The molecule has 0 bridgehead atoms. The number of nitrogens with zero attached hydrogens (tertiary/aromatic N) is 2. The van der Waals surface area contributed by atoms with Gasteiger partial charge < -0.3 is 5.73 Å². The summed E-state index contributed by atoms with van der Waals surface area (Å²) in [7, 11) is 0. The van der Waals surface area contributed by atoms with Crippen molar-refractivity contribution in [3.63, 3.8) is 0 Å². The first-order chi connectivity index (χ1) is 9.72. The second-order valence-electron chi connectivity index (χ2n) is 5.54. The Hall–Kier alpha value is -1.94. The van der Waals surface area contributed by atoms with Crippen molar-refractivity contribution in [2.75, 3.05) is 13.1 Å². The first-order valence-electron chi connectivity index (χ1n) is 7.12. The molecule has 0 aliphatic carbocycles. The Balaban J connectivity index is 1.66. The first kappa shape index (κ1) is 13.1. The SMILES string of the molecule is N=C(N)C1CCN(Cc2ccc3ncccc3c2)CC1. The van der Waals surface area contributed by atoms with Crippen LogP contribution in [0.25, 0.3) is 10.9 Å². The fourth-order valence-corrected chi connectivity index (χ4v) is 2.88. The van der Waals surface area contributed by atoms with E-state index in [0.29, 0.717) is 5.84 Å². The minimum atomic E-state index is 0.284. The predicted octanol–water partition coefficient (Wildman–Crippen LogP) is 2.38. The second-order valence-corrected chi connectivity index (χ2v) is 5.54. The number of nitrogens with two attached hydrogens (primary N) is 1. The average molecular weight is 268 g/mol. The topological polar surface area (TPSA) is 66.0 Å². The van der Waals surface area contributed by atoms with Gasteiger partial charge in [-0.2, -0.15) is 0 Å². The van der Waals surface area contributed by atoms with Gasteiger partial charge in [-0.1, -0.05) is 12.1 Å². The Morgan fingerprint density at radius 3 is 2.85 bits per heavy atom. The zero-order valence-corrected chi connectivity index (χ0v) is 11.5. The molecule has 3 rings (SSSR count). The molecule has 20 heavy (non-hydrogen) atoms.